The highest BCUT2D eigenvalue weighted by atomic mass is 32.2. The van der Waals surface area contributed by atoms with Gasteiger partial charge in [-0.25, -0.2) is 0 Å². The first-order valence-corrected chi connectivity index (χ1v) is 11.3. The van der Waals surface area contributed by atoms with Crippen LogP contribution in [0.5, 0.6) is 0 Å². The molecular formula is C30H25NS. The number of hydrogen-bond acceptors (Lipinski definition) is 2. The zero-order valence-corrected chi connectivity index (χ0v) is 18.7. The van der Waals surface area contributed by atoms with Crippen LogP contribution >= 0.6 is 11.8 Å². The second-order valence-corrected chi connectivity index (χ2v) is 8.34. The first-order valence-electron chi connectivity index (χ1n) is 10.5. The molecule has 0 spiro atoms. The Hall–Kier alpha value is -3.75. The van der Waals surface area contributed by atoms with Crippen LogP contribution in [0.25, 0.3) is 11.1 Å². The summed E-state index contributed by atoms with van der Waals surface area (Å²) in [7, 11) is 0. The predicted molar refractivity (Wildman–Crippen MR) is 140 cm³/mol. The summed E-state index contributed by atoms with van der Waals surface area (Å²) >= 11 is 1.78. The molecule has 0 aliphatic carbocycles. The van der Waals surface area contributed by atoms with Crippen molar-refractivity contribution >= 4 is 23.1 Å². The third-order valence-electron chi connectivity index (χ3n) is 5.06. The Kier molecular flexibility index (Phi) is 7.06. The number of hydrogen-bond donors (Lipinski definition) is 0. The molecule has 2 heteroatoms. The molecular weight excluding hydrogens is 406 g/mol. The van der Waals surface area contributed by atoms with Gasteiger partial charge in [0.2, 0.25) is 0 Å². The zero-order valence-electron chi connectivity index (χ0n) is 17.9. The Morgan fingerprint density at radius 1 is 0.594 bits per heavy atom. The Balaban J connectivity index is 1.59. The van der Waals surface area contributed by atoms with Crippen LogP contribution in [0.3, 0.4) is 0 Å². The van der Waals surface area contributed by atoms with Crippen LogP contribution in [0.4, 0.5) is 11.4 Å². The van der Waals surface area contributed by atoms with E-state index in [1.165, 1.54) is 20.9 Å². The topological polar surface area (TPSA) is 3.24 Å². The van der Waals surface area contributed by atoms with Crippen LogP contribution in [-0.4, -0.2) is 0 Å². The number of benzene rings is 4. The van der Waals surface area contributed by atoms with E-state index >= 15 is 0 Å². The van der Waals surface area contributed by atoms with Crippen molar-refractivity contribution in [1.29, 1.82) is 0 Å². The molecule has 4 aromatic rings. The predicted octanol–water partition coefficient (Wildman–Crippen LogP) is 8.90. The highest BCUT2D eigenvalue weighted by molar-refractivity contribution is 7.99. The van der Waals surface area contributed by atoms with Crippen LogP contribution in [-0.2, 0) is 0 Å². The third kappa shape index (κ3) is 5.11. The molecule has 0 unspecified atom stereocenters. The third-order valence-corrected chi connectivity index (χ3v) is 6.08. The molecule has 0 amide bonds. The standard InChI is InChI=1S/C30H25NS/c1-3-11-26(4-2)31(27-12-7-5-8-13-27)28-20-16-24(17-21-28)25-18-22-30(23-19-25)32-29-14-9-6-10-15-29/h3-23H,1-2H2/b26-11+. The van der Waals surface area contributed by atoms with Gasteiger partial charge in [0.05, 0.1) is 0 Å². The van der Waals surface area contributed by atoms with Crippen molar-refractivity contribution in [2.24, 2.45) is 0 Å². The fourth-order valence-corrected chi connectivity index (χ4v) is 4.36. The van der Waals surface area contributed by atoms with E-state index in [0.29, 0.717) is 0 Å². The van der Waals surface area contributed by atoms with E-state index in [1.54, 1.807) is 17.8 Å². The largest absolute Gasteiger partial charge is 0.311 e. The molecule has 0 aliphatic heterocycles. The van der Waals surface area contributed by atoms with Crippen LogP contribution in [0, 0.1) is 0 Å². The molecule has 4 aromatic carbocycles. The summed E-state index contributed by atoms with van der Waals surface area (Å²) in [5.74, 6) is 0. The van der Waals surface area contributed by atoms with Gasteiger partial charge >= 0.3 is 0 Å². The van der Waals surface area contributed by atoms with Gasteiger partial charge in [0.25, 0.3) is 0 Å². The van der Waals surface area contributed by atoms with Crippen molar-refractivity contribution in [2.75, 3.05) is 4.90 Å². The molecule has 32 heavy (non-hydrogen) atoms. The van der Waals surface area contributed by atoms with Crippen molar-refractivity contribution in [3.63, 3.8) is 0 Å². The van der Waals surface area contributed by atoms with E-state index in [4.69, 9.17) is 0 Å². The number of para-hydroxylation sites is 1. The summed E-state index contributed by atoms with van der Waals surface area (Å²) in [5, 5.41) is 0. The molecule has 4 rings (SSSR count). The van der Waals surface area contributed by atoms with Gasteiger partial charge in [-0.05, 0) is 71.8 Å². The Morgan fingerprint density at radius 3 is 1.66 bits per heavy atom. The average molecular weight is 432 g/mol. The van der Waals surface area contributed by atoms with Crippen LogP contribution in [0.1, 0.15) is 0 Å². The molecule has 0 radical (unpaired) electrons. The summed E-state index contributed by atoms with van der Waals surface area (Å²) in [4.78, 5) is 4.66. The Morgan fingerprint density at radius 2 is 1.09 bits per heavy atom. The zero-order chi connectivity index (χ0) is 22.2. The lowest BCUT2D eigenvalue weighted by Crippen LogP contribution is -2.14. The SMILES string of the molecule is C=C/C=C(\C=C)N(c1ccccc1)c1ccc(-c2ccc(Sc3ccccc3)cc2)cc1. The summed E-state index contributed by atoms with van der Waals surface area (Å²) < 4.78 is 0. The Bertz CT molecular complexity index is 1190. The van der Waals surface area contributed by atoms with E-state index in [9.17, 15) is 0 Å². The maximum atomic E-state index is 4.00. The number of nitrogens with zero attached hydrogens (tertiary/aromatic N) is 1. The lowest BCUT2D eigenvalue weighted by atomic mass is 10.0. The first-order chi connectivity index (χ1) is 15.8. The number of anilines is 2. The normalized spacial score (nSPS) is 11.1. The molecule has 1 nitrogen and oxygen atoms in total. The van der Waals surface area contributed by atoms with Gasteiger partial charge in [-0.3, -0.25) is 0 Å². The van der Waals surface area contributed by atoms with E-state index in [0.717, 1.165) is 17.1 Å². The summed E-state index contributed by atoms with van der Waals surface area (Å²) in [6.45, 7) is 7.85. The molecule has 0 N–H and O–H groups in total. The Labute approximate surface area is 195 Å². The maximum Gasteiger partial charge on any atom is 0.0462 e. The van der Waals surface area contributed by atoms with E-state index in [1.807, 2.05) is 36.4 Å². The minimum absolute atomic E-state index is 0.973. The van der Waals surface area contributed by atoms with Crippen molar-refractivity contribution in [3.05, 3.63) is 146 Å². The molecule has 0 saturated carbocycles. The van der Waals surface area contributed by atoms with E-state index in [-0.39, 0.29) is 0 Å². The number of allylic oxidation sites excluding steroid dienone is 3. The van der Waals surface area contributed by atoms with Gasteiger partial charge in [-0.1, -0.05) is 91.7 Å². The lowest BCUT2D eigenvalue weighted by molar-refractivity contribution is 1.21. The second-order valence-electron chi connectivity index (χ2n) is 7.19. The van der Waals surface area contributed by atoms with Gasteiger partial charge in [-0.15, -0.1) is 0 Å². The quantitative estimate of drug-likeness (QED) is 0.256. The lowest BCUT2D eigenvalue weighted by Gasteiger charge is -2.26. The fourth-order valence-electron chi connectivity index (χ4n) is 3.52. The first kappa shape index (κ1) is 21.5. The molecule has 0 atom stereocenters. The van der Waals surface area contributed by atoms with Gasteiger partial charge in [-0.2, -0.15) is 0 Å². The smallest absolute Gasteiger partial charge is 0.0462 e. The molecule has 0 bridgehead atoms. The highest BCUT2D eigenvalue weighted by Crippen LogP contribution is 2.33. The molecule has 0 heterocycles. The van der Waals surface area contributed by atoms with Crippen molar-refractivity contribution < 1.29 is 0 Å². The van der Waals surface area contributed by atoms with Gasteiger partial charge in [0, 0.05) is 26.9 Å². The average Bonchev–Trinajstić information content (AvgIpc) is 2.86. The highest BCUT2D eigenvalue weighted by Gasteiger charge is 2.12. The van der Waals surface area contributed by atoms with Crippen molar-refractivity contribution in [2.45, 2.75) is 9.79 Å². The molecule has 0 aromatic heterocycles. The summed E-state index contributed by atoms with van der Waals surface area (Å²) in [6, 6.07) is 38.1. The van der Waals surface area contributed by atoms with Crippen LogP contribution in [0.15, 0.2) is 156 Å². The van der Waals surface area contributed by atoms with E-state index < -0.39 is 0 Å². The van der Waals surface area contributed by atoms with Crippen molar-refractivity contribution in [3.8, 4) is 11.1 Å². The minimum atomic E-state index is 0.973. The summed E-state index contributed by atoms with van der Waals surface area (Å²) in [6.07, 6.45) is 5.61. The monoisotopic (exact) mass is 431 g/mol. The molecule has 0 fully saturated rings. The molecule has 0 saturated heterocycles. The fraction of sp³-hybridized carbons (Fsp3) is 0. The minimum Gasteiger partial charge on any atom is -0.311 e. The van der Waals surface area contributed by atoms with Crippen LogP contribution < -0.4 is 4.90 Å². The summed E-state index contributed by atoms with van der Waals surface area (Å²) in [5.41, 5.74) is 5.51. The number of rotatable bonds is 8. The van der Waals surface area contributed by atoms with Crippen molar-refractivity contribution in [1.82, 2.24) is 0 Å². The molecule has 0 aliphatic rings. The van der Waals surface area contributed by atoms with Gasteiger partial charge < -0.3 is 4.90 Å². The second kappa shape index (κ2) is 10.5. The van der Waals surface area contributed by atoms with Gasteiger partial charge in [0.15, 0.2) is 0 Å². The van der Waals surface area contributed by atoms with E-state index in [2.05, 4.69) is 103 Å². The van der Waals surface area contributed by atoms with Crippen LogP contribution in [0.2, 0.25) is 0 Å². The maximum absolute atomic E-state index is 4.00. The molecule has 156 valence electrons. The van der Waals surface area contributed by atoms with Gasteiger partial charge in [0.1, 0.15) is 0 Å².